The Morgan fingerprint density at radius 3 is 2.67 bits per heavy atom. The van der Waals surface area contributed by atoms with Crippen LogP contribution in [0.25, 0.3) is 5.76 Å². The first-order valence-corrected chi connectivity index (χ1v) is 10.7. The van der Waals surface area contributed by atoms with Gasteiger partial charge in [-0.15, -0.1) is 0 Å². The maximum atomic E-state index is 13.1. The number of nitrogens with zero attached hydrogens (tertiary/aromatic N) is 1. The van der Waals surface area contributed by atoms with Gasteiger partial charge in [0, 0.05) is 5.56 Å². The lowest BCUT2D eigenvalue weighted by Crippen LogP contribution is -2.29. The van der Waals surface area contributed by atoms with Gasteiger partial charge in [0.15, 0.2) is 0 Å². The molecule has 0 aliphatic carbocycles. The summed E-state index contributed by atoms with van der Waals surface area (Å²) in [6, 6.07) is 14.3. The lowest BCUT2D eigenvalue weighted by Gasteiger charge is -2.25. The fourth-order valence-corrected chi connectivity index (χ4v) is 4.06. The molecule has 0 radical (unpaired) electrons. The number of halogens is 1. The summed E-state index contributed by atoms with van der Waals surface area (Å²) in [6.45, 7) is 2.38. The highest BCUT2D eigenvalue weighted by molar-refractivity contribution is 6.46. The average molecular weight is 468 g/mol. The number of amides is 1. The van der Waals surface area contributed by atoms with Crippen molar-refractivity contribution in [3.05, 3.63) is 88.3 Å². The maximum Gasteiger partial charge on any atom is 0.296 e. The number of hydrogen-bond acceptors (Lipinski definition) is 6. The van der Waals surface area contributed by atoms with Gasteiger partial charge in [0.2, 0.25) is 0 Å². The van der Waals surface area contributed by atoms with E-state index < -0.39 is 17.7 Å². The van der Waals surface area contributed by atoms with Crippen molar-refractivity contribution in [2.24, 2.45) is 0 Å². The third-order valence-electron chi connectivity index (χ3n) is 5.36. The minimum Gasteiger partial charge on any atom is -0.507 e. The second-order valence-electron chi connectivity index (χ2n) is 7.36. The van der Waals surface area contributed by atoms with Gasteiger partial charge in [-0.05, 0) is 55.0 Å². The number of rotatable bonds is 7. The zero-order valence-electron chi connectivity index (χ0n) is 18.1. The van der Waals surface area contributed by atoms with Crippen LogP contribution in [0.2, 0.25) is 5.02 Å². The smallest absolute Gasteiger partial charge is 0.296 e. The second kappa shape index (κ2) is 9.42. The van der Waals surface area contributed by atoms with E-state index in [4.69, 9.17) is 25.5 Å². The second-order valence-corrected chi connectivity index (χ2v) is 7.77. The number of methoxy groups -OCH3 is 1. The van der Waals surface area contributed by atoms with Crippen LogP contribution < -0.4 is 9.47 Å². The highest BCUT2D eigenvalue weighted by atomic mass is 35.5. The predicted molar refractivity (Wildman–Crippen MR) is 122 cm³/mol. The number of hydrogen-bond donors (Lipinski definition) is 1. The molecule has 7 nitrogen and oxygen atoms in total. The fraction of sp³-hybridized carbons (Fsp3) is 0.200. The molecule has 1 atom stereocenters. The monoisotopic (exact) mass is 467 g/mol. The molecule has 1 aliphatic heterocycles. The highest BCUT2D eigenvalue weighted by Gasteiger charge is 2.46. The van der Waals surface area contributed by atoms with Crippen LogP contribution in [0.3, 0.4) is 0 Å². The first-order chi connectivity index (χ1) is 15.9. The van der Waals surface area contributed by atoms with Gasteiger partial charge in [0.05, 0.1) is 43.2 Å². The number of aliphatic hydroxyl groups excluding tert-OH is 1. The number of Topliss-reactive ketones (excluding diaryl/α,β-unsaturated/α-hetero) is 1. The molecule has 1 unspecified atom stereocenters. The van der Waals surface area contributed by atoms with Crippen molar-refractivity contribution in [3.8, 4) is 11.5 Å². The molecular formula is C25H22ClNO6. The molecule has 3 aromatic rings. The molecule has 8 heteroatoms. The van der Waals surface area contributed by atoms with E-state index in [0.29, 0.717) is 40.0 Å². The third kappa shape index (κ3) is 4.32. The maximum absolute atomic E-state index is 13.1. The minimum atomic E-state index is -0.850. The molecule has 1 amide bonds. The Morgan fingerprint density at radius 2 is 1.97 bits per heavy atom. The number of carbonyl (C=O) groups excluding carboxylic acids is 2. The molecule has 0 spiro atoms. The van der Waals surface area contributed by atoms with E-state index >= 15 is 0 Å². The molecule has 1 aliphatic rings. The van der Waals surface area contributed by atoms with Gasteiger partial charge >= 0.3 is 0 Å². The molecule has 1 aromatic heterocycles. The predicted octanol–water partition coefficient (Wildman–Crippen LogP) is 4.96. The van der Waals surface area contributed by atoms with Crippen LogP contribution in [0.1, 0.15) is 29.9 Å². The number of carbonyl (C=O) groups is 2. The Labute approximate surface area is 195 Å². The van der Waals surface area contributed by atoms with E-state index in [1.54, 1.807) is 48.5 Å². The van der Waals surface area contributed by atoms with Gasteiger partial charge in [-0.3, -0.25) is 9.59 Å². The van der Waals surface area contributed by atoms with E-state index in [9.17, 15) is 14.7 Å². The van der Waals surface area contributed by atoms with E-state index in [1.165, 1.54) is 24.3 Å². The topological polar surface area (TPSA) is 89.2 Å². The molecule has 2 heterocycles. The number of aliphatic hydroxyl groups is 1. The number of furan rings is 1. The van der Waals surface area contributed by atoms with Crippen LogP contribution in [0.15, 0.2) is 70.9 Å². The van der Waals surface area contributed by atoms with Gasteiger partial charge in [0.1, 0.15) is 23.0 Å². The largest absolute Gasteiger partial charge is 0.507 e. The summed E-state index contributed by atoms with van der Waals surface area (Å²) in [4.78, 5) is 27.6. The van der Waals surface area contributed by atoms with Crippen molar-refractivity contribution < 1.29 is 28.6 Å². The number of ketones is 1. The van der Waals surface area contributed by atoms with Crippen LogP contribution in [-0.2, 0) is 16.1 Å². The molecule has 1 fully saturated rings. The molecule has 170 valence electrons. The number of benzene rings is 2. The first-order valence-electron chi connectivity index (χ1n) is 10.3. The zero-order chi connectivity index (χ0) is 23.5. The van der Waals surface area contributed by atoms with E-state index in [2.05, 4.69) is 0 Å². The van der Waals surface area contributed by atoms with Gasteiger partial charge in [0.25, 0.3) is 11.7 Å². The van der Waals surface area contributed by atoms with E-state index in [-0.39, 0.29) is 17.9 Å². The van der Waals surface area contributed by atoms with Crippen molar-refractivity contribution in [1.82, 2.24) is 4.90 Å². The normalized spacial score (nSPS) is 17.4. The summed E-state index contributed by atoms with van der Waals surface area (Å²) >= 11 is 6.11. The van der Waals surface area contributed by atoms with Crippen LogP contribution >= 0.6 is 11.6 Å². The summed E-state index contributed by atoms with van der Waals surface area (Å²) in [5.41, 5.74) is 0.886. The molecule has 33 heavy (non-hydrogen) atoms. The number of ether oxygens (including phenoxy) is 2. The third-order valence-corrected chi connectivity index (χ3v) is 5.67. The average Bonchev–Trinajstić information content (AvgIpc) is 3.42. The van der Waals surface area contributed by atoms with Crippen molar-refractivity contribution >= 4 is 29.1 Å². The fourth-order valence-electron chi connectivity index (χ4n) is 3.86. The van der Waals surface area contributed by atoms with Crippen LogP contribution in [0, 0.1) is 0 Å². The van der Waals surface area contributed by atoms with Gasteiger partial charge in [-0.25, -0.2) is 0 Å². The standard InChI is InChI=1S/C25H22ClNO6/c1-3-32-17-7-4-6-15(12-17)22-21(23(28)16-9-10-19(26)20(13-16)31-2)24(29)25(30)27(22)14-18-8-5-11-33-18/h4-13,22,28H,3,14H2,1-2H3/b23-21-. The Kier molecular flexibility index (Phi) is 6.42. The summed E-state index contributed by atoms with van der Waals surface area (Å²) in [5.74, 6) is -0.416. The molecule has 1 saturated heterocycles. The molecule has 1 N–H and O–H groups in total. The van der Waals surface area contributed by atoms with Crippen molar-refractivity contribution in [3.63, 3.8) is 0 Å². The van der Waals surface area contributed by atoms with E-state index in [0.717, 1.165) is 0 Å². The summed E-state index contributed by atoms with van der Waals surface area (Å²) < 4.78 is 16.3. The quantitative estimate of drug-likeness (QED) is 0.300. The summed E-state index contributed by atoms with van der Waals surface area (Å²) in [7, 11) is 1.45. The molecule has 0 bridgehead atoms. The van der Waals surface area contributed by atoms with Crippen LogP contribution in [0.5, 0.6) is 11.5 Å². The lowest BCUT2D eigenvalue weighted by atomic mass is 9.95. The van der Waals surface area contributed by atoms with E-state index in [1.807, 2.05) is 6.92 Å². The van der Waals surface area contributed by atoms with Crippen molar-refractivity contribution in [2.75, 3.05) is 13.7 Å². The summed E-state index contributed by atoms with van der Waals surface area (Å²) in [5, 5.41) is 11.5. The number of likely N-dealkylation sites (tertiary alicyclic amines) is 1. The first kappa shape index (κ1) is 22.5. The van der Waals surface area contributed by atoms with Crippen molar-refractivity contribution in [1.29, 1.82) is 0 Å². The van der Waals surface area contributed by atoms with Crippen molar-refractivity contribution in [2.45, 2.75) is 19.5 Å². The lowest BCUT2D eigenvalue weighted by molar-refractivity contribution is -0.140. The molecule has 4 rings (SSSR count). The Hall–Kier alpha value is -3.71. The highest BCUT2D eigenvalue weighted by Crippen LogP contribution is 2.41. The van der Waals surface area contributed by atoms with Crippen LogP contribution in [-0.4, -0.2) is 35.4 Å². The molecular weight excluding hydrogens is 446 g/mol. The zero-order valence-corrected chi connectivity index (χ0v) is 18.8. The SMILES string of the molecule is CCOc1cccc(C2/C(=C(/O)c3ccc(Cl)c(OC)c3)C(=O)C(=O)N2Cc2ccco2)c1. The Morgan fingerprint density at radius 1 is 1.15 bits per heavy atom. The Bertz CT molecular complexity index is 1220. The molecule has 0 saturated carbocycles. The van der Waals surface area contributed by atoms with Gasteiger partial charge < -0.3 is 23.9 Å². The molecule has 2 aromatic carbocycles. The minimum absolute atomic E-state index is 0.0374. The summed E-state index contributed by atoms with van der Waals surface area (Å²) in [6.07, 6.45) is 1.50. The Balaban J connectivity index is 1.88. The van der Waals surface area contributed by atoms with Gasteiger partial charge in [-0.1, -0.05) is 23.7 Å². The van der Waals surface area contributed by atoms with Crippen LogP contribution in [0.4, 0.5) is 0 Å². The van der Waals surface area contributed by atoms with Gasteiger partial charge in [-0.2, -0.15) is 0 Å².